The van der Waals surface area contributed by atoms with Gasteiger partial charge in [0.15, 0.2) is 6.10 Å². The van der Waals surface area contributed by atoms with Crippen molar-refractivity contribution in [1.29, 1.82) is 0 Å². The third-order valence-corrected chi connectivity index (χ3v) is 4.86. The number of anilines is 1. The van der Waals surface area contributed by atoms with Crippen LogP contribution in [0, 0.1) is 0 Å². The molecule has 1 N–H and O–H groups in total. The number of ether oxygens (including phenoxy) is 2. The van der Waals surface area contributed by atoms with Crippen LogP contribution in [-0.4, -0.2) is 29.2 Å². The van der Waals surface area contributed by atoms with Gasteiger partial charge in [-0.25, -0.2) is 4.79 Å². The van der Waals surface area contributed by atoms with E-state index >= 15 is 0 Å². The van der Waals surface area contributed by atoms with E-state index < -0.39 is 12.1 Å². The highest BCUT2D eigenvalue weighted by Crippen LogP contribution is 2.24. The van der Waals surface area contributed by atoms with Gasteiger partial charge in [0.25, 0.3) is 5.56 Å². The number of aromatic nitrogens is 1. The summed E-state index contributed by atoms with van der Waals surface area (Å²) in [6.45, 7) is 5.52. The van der Waals surface area contributed by atoms with E-state index in [4.69, 9.17) is 9.47 Å². The lowest BCUT2D eigenvalue weighted by Gasteiger charge is -2.15. The zero-order valence-corrected chi connectivity index (χ0v) is 17.9. The summed E-state index contributed by atoms with van der Waals surface area (Å²) in [4.78, 5) is 37.2. The summed E-state index contributed by atoms with van der Waals surface area (Å²) in [5.74, 6) is -0.367. The number of hydrogen-bond acceptors (Lipinski definition) is 5. The first-order valence-electron chi connectivity index (χ1n) is 10.3. The second-order valence-corrected chi connectivity index (χ2v) is 7.08. The van der Waals surface area contributed by atoms with Crippen molar-refractivity contribution in [2.24, 2.45) is 0 Å². The van der Waals surface area contributed by atoms with Crippen LogP contribution in [0.2, 0.25) is 0 Å². The number of aryl methyl sites for hydroxylation is 1. The van der Waals surface area contributed by atoms with E-state index in [2.05, 4.69) is 12.2 Å². The van der Waals surface area contributed by atoms with Gasteiger partial charge in [-0.3, -0.25) is 9.59 Å². The molecule has 0 radical (unpaired) electrons. The predicted molar refractivity (Wildman–Crippen MR) is 119 cm³/mol. The van der Waals surface area contributed by atoms with Crippen molar-refractivity contribution in [2.45, 2.75) is 39.8 Å². The highest BCUT2D eigenvalue weighted by molar-refractivity contribution is 5.91. The topological polar surface area (TPSA) is 86.6 Å². The molecule has 0 saturated carbocycles. The Hall–Kier alpha value is -3.61. The molecule has 3 aromatic rings. The lowest BCUT2D eigenvalue weighted by molar-refractivity contribution is -0.150. The molecule has 1 heterocycles. The zero-order valence-electron chi connectivity index (χ0n) is 17.9. The van der Waals surface area contributed by atoms with Crippen molar-refractivity contribution in [3.05, 3.63) is 70.6 Å². The molecular formula is C24H26N2O5. The number of hydrogen-bond donors (Lipinski definition) is 1. The summed E-state index contributed by atoms with van der Waals surface area (Å²) < 4.78 is 12.0. The molecule has 0 spiro atoms. The predicted octanol–water partition coefficient (Wildman–Crippen LogP) is 3.53. The molecule has 0 bridgehead atoms. The van der Waals surface area contributed by atoms with Crippen LogP contribution >= 0.6 is 0 Å². The summed E-state index contributed by atoms with van der Waals surface area (Å²) in [7, 11) is 0. The Morgan fingerprint density at radius 2 is 1.77 bits per heavy atom. The maximum Gasteiger partial charge on any atom is 0.347 e. The van der Waals surface area contributed by atoms with E-state index in [1.54, 1.807) is 44.3 Å². The number of esters is 1. The average molecular weight is 422 g/mol. The van der Waals surface area contributed by atoms with E-state index in [-0.39, 0.29) is 24.6 Å². The lowest BCUT2D eigenvalue weighted by Crippen LogP contribution is -2.28. The summed E-state index contributed by atoms with van der Waals surface area (Å²) in [5, 5.41) is 3.77. The molecule has 31 heavy (non-hydrogen) atoms. The molecule has 0 aliphatic heterocycles. The summed E-state index contributed by atoms with van der Waals surface area (Å²) in [6, 6.07) is 14.3. The number of benzene rings is 2. The van der Waals surface area contributed by atoms with Crippen LogP contribution in [0.5, 0.6) is 5.75 Å². The maximum absolute atomic E-state index is 12.9. The number of fused-ring (bicyclic) bond motifs is 1. The number of carbonyl (C=O) groups excluding carboxylic acids is 2. The van der Waals surface area contributed by atoms with Gasteiger partial charge in [0.05, 0.1) is 12.0 Å². The molecule has 7 heteroatoms. The second-order valence-electron chi connectivity index (χ2n) is 7.08. The van der Waals surface area contributed by atoms with Crippen LogP contribution in [0.1, 0.15) is 26.3 Å². The van der Waals surface area contributed by atoms with Crippen LogP contribution in [0.3, 0.4) is 0 Å². The third kappa shape index (κ3) is 5.31. The zero-order chi connectivity index (χ0) is 22.4. The smallest absolute Gasteiger partial charge is 0.347 e. The Balaban J connectivity index is 1.78. The van der Waals surface area contributed by atoms with Gasteiger partial charge < -0.3 is 19.4 Å². The van der Waals surface area contributed by atoms with Crippen LogP contribution in [0.4, 0.5) is 5.69 Å². The minimum Gasteiger partial charge on any atom is -0.478 e. The van der Waals surface area contributed by atoms with Crippen molar-refractivity contribution < 1.29 is 19.1 Å². The first-order chi connectivity index (χ1) is 14.9. The van der Waals surface area contributed by atoms with Crippen molar-refractivity contribution in [1.82, 2.24) is 4.57 Å². The number of rotatable bonds is 8. The van der Waals surface area contributed by atoms with E-state index in [9.17, 15) is 14.4 Å². The van der Waals surface area contributed by atoms with Crippen LogP contribution in [0.15, 0.2) is 59.5 Å². The maximum atomic E-state index is 12.9. The van der Waals surface area contributed by atoms with Crippen molar-refractivity contribution in [3.63, 3.8) is 0 Å². The SMILES string of the molecule is CCOC(=O)[C@H](C)Oc1cccc2c(=O)n(CC(=O)Nc3ccc(CC)cc3)ccc12. The van der Waals surface area contributed by atoms with Gasteiger partial charge in [0.2, 0.25) is 5.91 Å². The van der Waals surface area contributed by atoms with Gasteiger partial charge in [0.1, 0.15) is 12.3 Å². The second kappa shape index (κ2) is 9.93. The number of nitrogens with zero attached hydrogens (tertiary/aromatic N) is 1. The van der Waals surface area contributed by atoms with Crippen LogP contribution < -0.4 is 15.6 Å². The monoisotopic (exact) mass is 422 g/mol. The molecule has 0 unspecified atom stereocenters. The lowest BCUT2D eigenvalue weighted by atomic mass is 10.1. The Morgan fingerprint density at radius 1 is 1.03 bits per heavy atom. The number of nitrogens with one attached hydrogen (secondary N) is 1. The quantitative estimate of drug-likeness (QED) is 0.561. The minimum absolute atomic E-state index is 0.116. The molecular weight excluding hydrogens is 396 g/mol. The molecule has 0 aliphatic carbocycles. The van der Waals surface area contributed by atoms with E-state index in [1.807, 2.05) is 24.3 Å². The highest BCUT2D eigenvalue weighted by atomic mass is 16.6. The molecule has 0 fully saturated rings. The molecule has 0 aliphatic rings. The molecule has 3 rings (SSSR count). The minimum atomic E-state index is -0.808. The van der Waals surface area contributed by atoms with E-state index in [0.29, 0.717) is 22.2 Å². The Labute approximate surface area is 180 Å². The summed E-state index contributed by atoms with van der Waals surface area (Å²) >= 11 is 0. The molecule has 1 amide bonds. The average Bonchev–Trinajstić information content (AvgIpc) is 2.76. The fraction of sp³-hybridized carbons (Fsp3) is 0.292. The third-order valence-electron chi connectivity index (χ3n) is 4.86. The van der Waals surface area contributed by atoms with Gasteiger partial charge in [-0.15, -0.1) is 0 Å². The van der Waals surface area contributed by atoms with Crippen LogP contribution in [-0.2, 0) is 27.3 Å². The number of pyridine rings is 1. The van der Waals surface area contributed by atoms with Crippen molar-refractivity contribution >= 4 is 28.3 Å². The van der Waals surface area contributed by atoms with Crippen molar-refractivity contribution in [2.75, 3.05) is 11.9 Å². The van der Waals surface area contributed by atoms with Gasteiger partial charge in [-0.1, -0.05) is 25.1 Å². The Kier molecular flexibility index (Phi) is 7.07. The summed E-state index contributed by atoms with van der Waals surface area (Å²) in [5.41, 5.74) is 1.54. The van der Waals surface area contributed by atoms with Crippen LogP contribution in [0.25, 0.3) is 10.8 Å². The first-order valence-corrected chi connectivity index (χ1v) is 10.3. The molecule has 2 aromatic carbocycles. The highest BCUT2D eigenvalue weighted by Gasteiger charge is 2.18. The molecule has 0 saturated heterocycles. The standard InChI is InChI=1S/C24H26N2O5/c1-4-17-9-11-18(12-10-17)25-22(27)15-26-14-13-19-20(23(26)28)7-6-8-21(19)31-16(3)24(29)30-5-2/h6-14,16H,4-5,15H2,1-3H3,(H,25,27)/t16-/m0/s1. The molecule has 7 nitrogen and oxygen atoms in total. The van der Waals surface area contributed by atoms with Crippen molar-refractivity contribution in [3.8, 4) is 5.75 Å². The summed E-state index contributed by atoms with van der Waals surface area (Å²) in [6.07, 6.45) is 1.66. The van der Waals surface area contributed by atoms with E-state index in [0.717, 1.165) is 6.42 Å². The van der Waals surface area contributed by atoms with Gasteiger partial charge >= 0.3 is 5.97 Å². The largest absolute Gasteiger partial charge is 0.478 e. The van der Waals surface area contributed by atoms with Gasteiger partial charge in [-0.05, 0) is 56.2 Å². The fourth-order valence-corrected chi connectivity index (χ4v) is 3.19. The molecule has 1 atom stereocenters. The number of amides is 1. The first kappa shape index (κ1) is 22.1. The normalized spacial score (nSPS) is 11.7. The van der Waals surface area contributed by atoms with E-state index in [1.165, 1.54) is 10.1 Å². The Morgan fingerprint density at radius 3 is 2.45 bits per heavy atom. The van der Waals surface area contributed by atoms with Gasteiger partial charge in [0, 0.05) is 17.3 Å². The fourth-order valence-electron chi connectivity index (χ4n) is 3.19. The molecule has 162 valence electrons. The number of carbonyl (C=O) groups is 2. The van der Waals surface area contributed by atoms with Gasteiger partial charge in [-0.2, -0.15) is 0 Å². The molecule has 1 aromatic heterocycles. The Bertz CT molecular complexity index is 1130.